The topological polar surface area (TPSA) is 41.1 Å². The SMILES string of the molecule is CCCCCNc1ccc(CC(=O)NCc2ccccc2)cc1. The van der Waals surface area contributed by atoms with Gasteiger partial charge in [0.1, 0.15) is 0 Å². The van der Waals surface area contributed by atoms with Crippen molar-refractivity contribution in [2.45, 2.75) is 39.2 Å². The van der Waals surface area contributed by atoms with Gasteiger partial charge in [-0.2, -0.15) is 0 Å². The molecule has 0 aliphatic rings. The molecule has 0 atom stereocenters. The fourth-order valence-corrected chi connectivity index (χ4v) is 2.39. The first-order valence-electron chi connectivity index (χ1n) is 8.41. The van der Waals surface area contributed by atoms with Crippen molar-refractivity contribution >= 4 is 11.6 Å². The first-order chi connectivity index (χ1) is 11.3. The summed E-state index contributed by atoms with van der Waals surface area (Å²) in [6, 6.07) is 18.1. The Hall–Kier alpha value is -2.29. The lowest BCUT2D eigenvalue weighted by molar-refractivity contribution is -0.120. The number of amides is 1. The van der Waals surface area contributed by atoms with E-state index >= 15 is 0 Å². The van der Waals surface area contributed by atoms with Crippen molar-refractivity contribution < 1.29 is 4.79 Å². The molecule has 0 fully saturated rings. The summed E-state index contributed by atoms with van der Waals surface area (Å²) >= 11 is 0. The fraction of sp³-hybridized carbons (Fsp3) is 0.350. The van der Waals surface area contributed by atoms with Gasteiger partial charge >= 0.3 is 0 Å². The Bertz CT molecular complexity index is 578. The molecule has 0 aliphatic heterocycles. The van der Waals surface area contributed by atoms with Gasteiger partial charge in [0.25, 0.3) is 0 Å². The Morgan fingerprint density at radius 3 is 2.35 bits per heavy atom. The van der Waals surface area contributed by atoms with Crippen LogP contribution in [0.2, 0.25) is 0 Å². The maximum Gasteiger partial charge on any atom is 0.224 e. The molecule has 3 heteroatoms. The predicted molar refractivity (Wildman–Crippen MR) is 96.4 cm³/mol. The molecular formula is C20H26N2O. The zero-order valence-corrected chi connectivity index (χ0v) is 13.8. The van der Waals surface area contributed by atoms with Gasteiger partial charge in [-0.25, -0.2) is 0 Å². The van der Waals surface area contributed by atoms with E-state index in [4.69, 9.17) is 0 Å². The molecule has 0 saturated heterocycles. The smallest absolute Gasteiger partial charge is 0.224 e. The van der Waals surface area contributed by atoms with E-state index in [1.165, 1.54) is 19.3 Å². The van der Waals surface area contributed by atoms with E-state index in [9.17, 15) is 4.79 Å². The molecule has 23 heavy (non-hydrogen) atoms. The first-order valence-corrected chi connectivity index (χ1v) is 8.41. The Morgan fingerprint density at radius 2 is 1.65 bits per heavy atom. The van der Waals surface area contributed by atoms with Gasteiger partial charge in [0.05, 0.1) is 6.42 Å². The average Bonchev–Trinajstić information content (AvgIpc) is 2.59. The summed E-state index contributed by atoms with van der Waals surface area (Å²) in [6.45, 7) is 3.79. The molecule has 2 rings (SSSR count). The van der Waals surface area contributed by atoms with E-state index in [2.05, 4.69) is 17.6 Å². The maximum absolute atomic E-state index is 12.0. The molecule has 2 aromatic carbocycles. The van der Waals surface area contributed by atoms with Crippen LogP contribution in [-0.2, 0) is 17.8 Å². The van der Waals surface area contributed by atoms with E-state index in [1.54, 1.807) is 0 Å². The number of unbranched alkanes of at least 4 members (excludes halogenated alkanes) is 2. The van der Waals surface area contributed by atoms with Crippen molar-refractivity contribution in [2.24, 2.45) is 0 Å². The van der Waals surface area contributed by atoms with Gasteiger partial charge in [-0.15, -0.1) is 0 Å². The summed E-state index contributed by atoms with van der Waals surface area (Å²) in [4.78, 5) is 12.0. The van der Waals surface area contributed by atoms with Crippen molar-refractivity contribution in [3.05, 3.63) is 65.7 Å². The minimum Gasteiger partial charge on any atom is -0.385 e. The van der Waals surface area contributed by atoms with Crippen LogP contribution in [0.1, 0.15) is 37.3 Å². The summed E-state index contributed by atoms with van der Waals surface area (Å²) in [5.74, 6) is 0.0532. The minimum atomic E-state index is 0.0532. The Labute approximate surface area is 139 Å². The molecule has 0 aliphatic carbocycles. The number of hydrogen-bond donors (Lipinski definition) is 2. The second-order valence-electron chi connectivity index (χ2n) is 5.77. The monoisotopic (exact) mass is 310 g/mol. The molecule has 1 amide bonds. The number of carbonyl (C=O) groups excluding carboxylic acids is 1. The predicted octanol–water partition coefficient (Wildman–Crippen LogP) is 4.15. The summed E-state index contributed by atoms with van der Waals surface area (Å²) in [5.41, 5.74) is 3.27. The molecule has 0 aromatic heterocycles. The van der Waals surface area contributed by atoms with Crippen LogP contribution in [0, 0.1) is 0 Å². The summed E-state index contributed by atoms with van der Waals surface area (Å²) in [7, 11) is 0. The third kappa shape index (κ3) is 6.55. The van der Waals surface area contributed by atoms with Gasteiger partial charge < -0.3 is 10.6 Å². The molecule has 2 aromatic rings. The lowest BCUT2D eigenvalue weighted by Crippen LogP contribution is -2.24. The number of rotatable bonds is 9. The Morgan fingerprint density at radius 1 is 0.913 bits per heavy atom. The summed E-state index contributed by atoms with van der Waals surface area (Å²) < 4.78 is 0. The van der Waals surface area contributed by atoms with Gasteiger partial charge in [0.15, 0.2) is 0 Å². The van der Waals surface area contributed by atoms with E-state index < -0.39 is 0 Å². The highest BCUT2D eigenvalue weighted by molar-refractivity contribution is 5.78. The van der Waals surface area contributed by atoms with Crippen LogP contribution in [0.15, 0.2) is 54.6 Å². The molecule has 0 saturated carbocycles. The number of anilines is 1. The van der Waals surface area contributed by atoms with Crippen LogP contribution < -0.4 is 10.6 Å². The van der Waals surface area contributed by atoms with E-state index in [1.807, 2.05) is 54.6 Å². The number of nitrogens with one attached hydrogen (secondary N) is 2. The molecule has 0 bridgehead atoms. The fourth-order valence-electron chi connectivity index (χ4n) is 2.39. The molecule has 0 radical (unpaired) electrons. The molecule has 0 spiro atoms. The van der Waals surface area contributed by atoms with E-state index in [0.29, 0.717) is 13.0 Å². The highest BCUT2D eigenvalue weighted by Gasteiger charge is 2.03. The summed E-state index contributed by atoms with van der Waals surface area (Å²) in [5, 5.41) is 6.36. The number of benzene rings is 2. The largest absolute Gasteiger partial charge is 0.385 e. The van der Waals surface area contributed by atoms with Crippen molar-refractivity contribution in [2.75, 3.05) is 11.9 Å². The average molecular weight is 310 g/mol. The van der Waals surface area contributed by atoms with Crippen LogP contribution in [-0.4, -0.2) is 12.5 Å². The Kier molecular flexibility index (Phi) is 7.18. The Balaban J connectivity index is 1.73. The second kappa shape index (κ2) is 9.67. The first kappa shape index (κ1) is 17.1. The zero-order valence-electron chi connectivity index (χ0n) is 13.8. The van der Waals surface area contributed by atoms with Crippen LogP contribution in [0.3, 0.4) is 0 Å². The molecule has 2 N–H and O–H groups in total. The highest BCUT2D eigenvalue weighted by atomic mass is 16.1. The molecule has 3 nitrogen and oxygen atoms in total. The van der Waals surface area contributed by atoms with Gasteiger partial charge in [-0.1, -0.05) is 62.2 Å². The van der Waals surface area contributed by atoms with Crippen LogP contribution in [0.4, 0.5) is 5.69 Å². The van der Waals surface area contributed by atoms with E-state index in [0.717, 1.165) is 23.4 Å². The van der Waals surface area contributed by atoms with Gasteiger partial charge in [-0.05, 0) is 29.7 Å². The van der Waals surface area contributed by atoms with Crippen molar-refractivity contribution in [1.82, 2.24) is 5.32 Å². The van der Waals surface area contributed by atoms with Crippen LogP contribution in [0.25, 0.3) is 0 Å². The van der Waals surface area contributed by atoms with Gasteiger partial charge in [-0.3, -0.25) is 4.79 Å². The quantitative estimate of drug-likeness (QED) is 0.683. The lowest BCUT2D eigenvalue weighted by Gasteiger charge is -2.08. The number of carbonyl (C=O) groups is 1. The highest BCUT2D eigenvalue weighted by Crippen LogP contribution is 2.10. The second-order valence-corrected chi connectivity index (χ2v) is 5.77. The zero-order chi connectivity index (χ0) is 16.3. The van der Waals surface area contributed by atoms with E-state index in [-0.39, 0.29) is 5.91 Å². The van der Waals surface area contributed by atoms with Crippen LogP contribution >= 0.6 is 0 Å². The van der Waals surface area contributed by atoms with Crippen molar-refractivity contribution in [1.29, 1.82) is 0 Å². The summed E-state index contributed by atoms with van der Waals surface area (Å²) in [6.07, 6.45) is 4.11. The van der Waals surface area contributed by atoms with Crippen LogP contribution in [0.5, 0.6) is 0 Å². The third-order valence-corrected chi connectivity index (χ3v) is 3.76. The molecule has 122 valence electrons. The molecule has 0 heterocycles. The van der Waals surface area contributed by atoms with Crippen molar-refractivity contribution in [3.8, 4) is 0 Å². The molecule has 0 unspecified atom stereocenters. The number of hydrogen-bond acceptors (Lipinski definition) is 2. The third-order valence-electron chi connectivity index (χ3n) is 3.76. The normalized spacial score (nSPS) is 10.3. The lowest BCUT2D eigenvalue weighted by atomic mass is 10.1. The minimum absolute atomic E-state index is 0.0532. The van der Waals surface area contributed by atoms with Gasteiger partial charge in [0, 0.05) is 18.8 Å². The van der Waals surface area contributed by atoms with Crippen molar-refractivity contribution in [3.63, 3.8) is 0 Å². The standard InChI is InChI=1S/C20H26N2O/c1-2-3-7-14-21-19-12-10-17(11-13-19)15-20(23)22-16-18-8-5-4-6-9-18/h4-6,8-13,21H,2-3,7,14-16H2,1H3,(H,22,23). The van der Waals surface area contributed by atoms with Gasteiger partial charge in [0.2, 0.25) is 5.91 Å². The molecular weight excluding hydrogens is 284 g/mol. The maximum atomic E-state index is 12.0.